The van der Waals surface area contributed by atoms with E-state index in [-0.39, 0.29) is 5.56 Å². The zero-order chi connectivity index (χ0) is 17.6. The van der Waals surface area contributed by atoms with Gasteiger partial charge in [-0.25, -0.2) is 4.98 Å². The number of benzene rings is 1. The molecule has 0 saturated heterocycles. The highest BCUT2D eigenvalue weighted by Crippen LogP contribution is 2.38. The van der Waals surface area contributed by atoms with E-state index in [1.165, 1.54) is 11.3 Å². The number of aromatic amines is 1. The molecule has 0 amide bonds. The van der Waals surface area contributed by atoms with Gasteiger partial charge in [0.05, 0.1) is 15.4 Å². The summed E-state index contributed by atoms with van der Waals surface area (Å²) in [6.45, 7) is 1.96. The average molecular weight is 388 g/mol. The number of pyridine rings is 1. The van der Waals surface area contributed by atoms with Crippen molar-refractivity contribution in [2.45, 2.75) is 6.92 Å². The summed E-state index contributed by atoms with van der Waals surface area (Å²) in [4.78, 5) is 26.1. The van der Waals surface area contributed by atoms with Crippen LogP contribution in [0.15, 0.2) is 47.4 Å². The first-order valence-corrected chi connectivity index (χ1v) is 9.02. The van der Waals surface area contributed by atoms with E-state index in [1.54, 1.807) is 18.3 Å². The van der Waals surface area contributed by atoms with Crippen molar-refractivity contribution in [1.82, 2.24) is 15.0 Å². The van der Waals surface area contributed by atoms with Crippen molar-refractivity contribution in [2.24, 2.45) is 0 Å². The Kier molecular flexibility index (Phi) is 4.07. The standard InChI is InChI=1S/C18H11Cl2N3OS/c1-9-14(10-5-6-11(19)12(20)8-10)15-17(24)22-16(23-18(15)25-9)13-4-2-3-7-21-13/h2-8H,1H3,(H,22,23,24). The number of halogens is 2. The molecule has 0 bridgehead atoms. The molecular weight excluding hydrogens is 377 g/mol. The molecule has 3 aromatic heterocycles. The molecule has 4 aromatic rings. The molecule has 1 aromatic carbocycles. The smallest absolute Gasteiger partial charge is 0.260 e. The van der Waals surface area contributed by atoms with E-state index in [0.717, 1.165) is 16.0 Å². The van der Waals surface area contributed by atoms with Gasteiger partial charge in [-0.3, -0.25) is 9.78 Å². The third-order valence-corrected chi connectivity index (χ3v) is 5.59. The summed E-state index contributed by atoms with van der Waals surface area (Å²) in [7, 11) is 0. The van der Waals surface area contributed by atoms with Gasteiger partial charge >= 0.3 is 0 Å². The molecule has 0 aliphatic rings. The van der Waals surface area contributed by atoms with Crippen LogP contribution in [-0.4, -0.2) is 15.0 Å². The molecule has 7 heteroatoms. The van der Waals surface area contributed by atoms with Crippen molar-refractivity contribution < 1.29 is 0 Å². The number of H-pyrrole nitrogens is 1. The van der Waals surface area contributed by atoms with Crippen LogP contribution in [0.4, 0.5) is 0 Å². The van der Waals surface area contributed by atoms with E-state index in [4.69, 9.17) is 23.2 Å². The largest absolute Gasteiger partial charge is 0.305 e. The summed E-state index contributed by atoms with van der Waals surface area (Å²) < 4.78 is 0. The normalized spacial score (nSPS) is 11.2. The molecule has 0 aliphatic carbocycles. The van der Waals surface area contributed by atoms with Crippen molar-refractivity contribution in [3.8, 4) is 22.6 Å². The summed E-state index contributed by atoms with van der Waals surface area (Å²) in [6, 6.07) is 10.8. The molecule has 0 spiro atoms. The van der Waals surface area contributed by atoms with E-state index < -0.39 is 0 Å². The van der Waals surface area contributed by atoms with Crippen molar-refractivity contribution in [3.05, 3.63) is 67.9 Å². The van der Waals surface area contributed by atoms with Gasteiger partial charge in [0, 0.05) is 16.6 Å². The lowest BCUT2D eigenvalue weighted by atomic mass is 10.0. The number of hydrogen-bond donors (Lipinski definition) is 1. The van der Waals surface area contributed by atoms with Crippen molar-refractivity contribution in [3.63, 3.8) is 0 Å². The predicted octanol–water partition coefficient (Wildman–Crippen LogP) is 5.33. The Morgan fingerprint density at radius 1 is 1.12 bits per heavy atom. The Morgan fingerprint density at radius 3 is 2.68 bits per heavy atom. The maximum atomic E-state index is 12.8. The first kappa shape index (κ1) is 16.3. The van der Waals surface area contributed by atoms with Gasteiger partial charge in [-0.1, -0.05) is 35.3 Å². The minimum atomic E-state index is -0.198. The van der Waals surface area contributed by atoms with Crippen LogP contribution < -0.4 is 5.56 Å². The number of aromatic nitrogens is 3. The molecule has 3 heterocycles. The van der Waals surface area contributed by atoms with Crippen molar-refractivity contribution in [1.29, 1.82) is 0 Å². The van der Waals surface area contributed by atoms with Crippen LogP contribution in [-0.2, 0) is 0 Å². The van der Waals surface area contributed by atoms with Crippen LogP contribution in [0.2, 0.25) is 10.0 Å². The number of thiophene rings is 1. The Bertz CT molecular complexity index is 1150. The highest BCUT2D eigenvalue weighted by molar-refractivity contribution is 7.19. The number of hydrogen-bond acceptors (Lipinski definition) is 4. The van der Waals surface area contributed by atoms with E-state index in [9.17, 15) is 4.79 Å². The molecule has 0 fully saturated rings. The zero-order valence-corrected chi connectivity index (χ0v) is 15.3. The molecule has 124 valence electrons. The van der Waals surface area contributed by atoms with Crippen molar-refractivity contribution >= 4 is 44.8 Å². The highest BCUT2D eigenvalue weighted by Gasteiger charge is 2.18. The average Bonchev–Trinajstić information content (AvgIpc) is 2.94. The molecule has 4 nitrogen and oxygen atoms in total. The maximum absolute atomic E-state index is 12.8. The van der Waals surface area contributed by atoms with Crippen LogP contribution in [0.1, 0.15) is 4.88 Å². The lowest BCUT2D eigenvalue weighted by Gasteiger charge is -2.04. The second-order valence-electron chi connectivity index (χ2n) is 5.47. The molecular formula is C18H11Cl2N3OS. The van der Waals surface area contributed by atoms with E-state index in [0.29, 0.717) is 31.8 Å². The van der Waals surface area contributed by atoms with Crippen LogP contribution in [0.25, 0.3) is 32.9 Å². The predicted molar refractivity (Wildman–Crippen MR) is 104 cm³/mol. The molecule has 0 unspecified atom stereocenters. The van der Waals surface area contributed by atoms with Gasteiger partial charge in [0.2, 0.25) is 0 Å². The van der Waals surface area contributed by atoms with Gasteiger partial charge < -0.3 is 4.98 Å². The number of rotatable bonds is 2. The lowest BCUT2D eigenvalue weighted by molar-refractivity contribution is 1.15. The van der Waals surface area contributed by atoms with Gasteiger partial charge in [0.1, 0.15) is 10.5 Å². The SMILES string of the molecule is Cc1sc2nc(-c3ccccn3)[nH]c(=O)c2c1-c1ccc(Cl)c(Cl)c1. The Labute approximate surface area is 157 Å². The van der Waals surface area contributed by atoms with Crippen LogP contribution in [0, 0.1) is 6.92 Å². The monoisotopic (exact) mass is 387 g/mol. The molecule has 0 saturated carbocycles. The van der Waals surface area contributed by atoms with Gasteiger partial charge in [-0.05, 0) is 36.8 Å². The first-order chi connectivity index (χ1) is 12.0. The fourth-order valence-electron chi connectivity index (χ4n) is 2.74. The summed E-state index contributed by atoms with van der Waals surface area (Å²) in [5.41, 5.74) is 2.11. The quantitative estimate of drug-likeness (QED) is 0.505. The molecule has 1 N–H and O–H groups in total. The minimum absolute atomic E-state index is 0.198. The lowest BCUT2D eigenvalue weighted by Crippen LogP contribution is -2.09. The van der Waals surface area contributed by atoms with Gasteiger partial charge in [-0.2, -0.15) is 0 Å². The van der Waals surface area contributed by atoms with Crippen molar-refractivity contribution in [2.75, 3.05) is 0 Å². The summed E-state index contributed by atoms with van der Waals surface area (Å²) in [5, 5.41) is 1.49. The summed E-state index contributed by atoms with van der Waals surface area (Å²) in [5.74, 6) is 0.458. The zero-order valence-electron chi connectivity index (χ0n) is 13.0. The molecule has 4 rings (SSSR count). The fraction of sp³-hybridized carbons (Fsp3) is 0.0556. The minimum Gasteiger partial charge on any atom is -0.305 e. The number of nitrogens with one attached hydrogen (secondary N) is 1. The Balaban J connectivity index is 1.97. The number of nitrogens with zero attached hydrogens (tertiary/aromatic N) is 2. The van der Waals surface area contributed by atoms with E-state index in [1.807, 2.05) is 31.2 Å². The topological polar surface area (TPSA) is 58.6 Å². The second-order valence-corrected chi connectivity index (χ2v) is 7.49. The fourth-order valence-corrected chi connectivity index (χ4v) is 4.09. The number of aryl methyl sites for hydroxylation is 1. The maximum Gasteiger partial charge on any atom is 0.260 e. The van der Waals surface area contributed by atoms with E-state index >= 15 is 0 Å². The third kappa shape index (κ3) is 2.84. The van der Waals surface area contributed by atoms with Crippen LogP contribution >= 0.6 is 34.5 Å². The van der Waals surface area contributed by atoms with E-state index in [2.05, 4.69) is 15.0 Å². The van der Waals surface area contributed by atoms with Gasteiger partial charge in [-0.15, -0.1) is 11.3 Å². The first-order valence-electron chi connectivity index (χ1n) is 7.45. The van der Waals surface area contributed by atoms with Gasteiger partial charge in [0.15, 0.2) is 5.82 Å². The summed E-state index contributed by atoms with van der Waals surface area (Å²) in [6.07, 6.45) is 1.67. The Hall–Kier alpha value is -2.21. The molecule has 0 aliphatic heterocycles. The highest BCUT2D eigenvalue weighted by atomic mass is 35.5. The Morgan fingerprint density at radius 2 is 1.96 bits per heavy atom. The van der Waals surface area contributed by atoms with Gasteiger partial charge in [0.25, 0.3) is 5.56 Å². The molecule has 0 atom stereocenters. The third-order valence-electron chi connectivity index (χ3n) is 3.85. The van der Waals surface area contributed by atoms with Crippen LogP contribution in [0.5, 0.6) is 0 Å². The molecule has 0 radical (unpaired) electrons. The second kappa shape index (κ2) is 6.26. The molecule has 25 heavy (non-hydrogen) atoms. The number of fused-ring (bicyclic) bond motifs is 1. The van der Waals surface area contributed by atoms with Crippen LogP contribution in [0.3, 0.4) is 0 Å². The summed E-state index contributed by atoms with van der Waals surface area (Å²) >= 11 is 13.6.